The van der Waals surface area contributed by atoms with E-state index in [1.165, 1.54) is 10.9 Å². The van der Waals surface area contributed by atoms with Gasteiger partial charge in [0, 0.05) is 16.3 Å². The number of rotatable bonds is 5. The van der Waals surface area contributed by atoms with Crippen molar-refractivity contribution in [1.29, 1.82) is 0 Å². The van der Waals surface area contributed by atoms with E-state index in [1.807, 2.05) is 31.5 Å². The number of likely N-dealkylation sites (N-methyl/N-ethyl adjacent to an activating group) is 1. The summed E-state index contributed by atoms with van der Waals surface area (Å²) in [5.41, 5.74) is 2.15. The van der Waals surface area contributed by atoms with E-state index < -0.39 is 0 Å². The summed E-state index contributed by atoms with van der Waals surface area (Å²) < 4.78 is 18.3. The average molecular weight is 279 g/mol. The van der Waals surface area contributed by atoms with Gasteiger partial charge in [-0.2, -0.15) is 0 Å². The zero-order valence-corrected chi connectivity index (χ0v) is 12.2. The molecule has 1 aromatic carbocycles. The molecule has 4 heteroatoms. The predicted octanol–water partition coefficient (Wildman–Crippen LogP) is 3.71. The molecular formula is C15H18FNOS. The van der Waals surface area contributed by atoms with Crippen LogP contribution in [0.2, 0.25) is 0 Å². The van der Waals surface area contributed by atoms with Crippen molar-refractivity contribution in [2.45, 2.75) is 19.4 Å². The van der Waals surface area contributed by atoms with E-state index in [0.717, 1.165) is 23.3 Å². The maximum absolute atomic E-state index is 13.1. The summed E-state index contributed by atoms with van der Waals surface area (Å²) in [5, 5.41) is 5.30. The van der Waals surface area contributed by atoms with Crippen LogP contribution in [-0.4, -0.2) is 14.2 Å². The van der Waals surface area contributed by atoms with Crippen LogP contribution in [0.25, 0.3) is 0 Å². The number of thiophene rings is 1. The van der Waals surface area contributed by atoms with Crippen LogP contribution in [-0.2, 0) is 6.42 Å². The van der Waals surface area contributed by atoms with Gasteiger partial charge in [-0.05, 0) is 49.7 Å². The van der Waals surface area contributed by atoms with E-state index in [9.17, 15) is 4.39 Å². The molecule has 0 aliphatic rings. The summed E-state index contributed by atoms with van der Waals surface area (Å²) in [6.07, 6.45) is 0.840. The summed E-state index contributed by atoms with van der Waals surface area (Å²) in [5.74, 6) is 0.705. The van der Waals surface area contributed by atoms with Gasteiger partial charge in [0.25, 0.3) is 0 Å². The minimum atomic E-state index is -0.181. The molecule has 0 saturated heterocycles. The van der Waals surface area contributed by atoms with Crippen LogP contribution in [0.15, 0.2) is 29.6 Å². The Labute approximate surface area is 117 Å². The van der Waals surface area contributed by atoms with E-state index >= 15 is 0 Å². The fraction of sp³-hybridized carbons (Fsp3) is 0.333. The molecule has 1 heterocycles. The quantitative estimate of drug-likeness (QED) is 0.901. The van der Waals surface area contributed by atoms with E-state index in [0.29, 0.717) is 0 Å². The Hall–Kier alpha value is -1.39. The first-order valence-electron chi connectivity index (χ1n) is 6.18. The highest BCUT2D eigenvalue weighted by Crippen LogP contribution is 2.29. The first-order chi connectivity index (χ1) is 9.13. The Balaban J connectivity index is 2.18. The number of hydrogen-bond donors (Lipinski definition) is 1. The van der Waals surface area contributed by atoms with Gasteiger partial charge < -0.3 is 10.1 Å². The predicted molar refractivity (Wildman–Crippen MR) is 77.5 cm³/mol. The monoisotopic (exact) mass is 279 g/mol. The van der Waals surface area contributed by atoms with Gasteiger partial charge in [0.15, 0.2) is 0 Å². The lowest BCUT2D eigenvalue weighted by molar-refractivity contribution is 0.416. The Morgan fingerprint density at radius 3 is 2.74 bits per heavy atom. The van der Waals surface area contributed by atoms with E-state index in [-0.39, 0.29) is 11.9 Å². The number of aryl methyl sites for hydroxylation is 1. The molecule has 0 bridgehead atoms. The van der Waals surface area contributed by atoms with Gasteiger partial charge >= 0.3 is 0 Å². The molecule has 0 radical (unpaired) electrons. The second-order valence-electron chi connectivity index (χ2n) is 4.51. The van der Waals surface area contributed by atoms with Crippen molar-refractivity contribution in [1.82, 2.24) is 5.32 Å². The molecule has 2 aromatic rings. The van der Waals surface area contributed by atoms with Gasteiger partial charge in [-0.25, -0.2) is 4.39 Å². The number of ether oxygens (including phenoxy) is 1. The van der Waals surface area contributed by atoms with Crippen molar-refractivity contribution in [3.8, 4) is 5.75 Å². The van der Waals surface area contributed by atoms with Crippen molar-refractivity contribution < 1.29 is 9.13 Å². The minimum absolute atomic E-state index is 0.181. The Bertz CT molecular complexity index is 553. The van der Waals surface area contributed by atoms with Crippen molar-refractivity contribution in [2.24, 2.45) is 0 Å². The second kappa shape index (κ2) is 6.17. The molecule has 0 amide bonds. The van der Waals surface area contributed by atoms with Crippen molar-refractivity contribution in [2.75, 3.05) is 14.2 Å². The molecule has 0 aliphatic heterocycles. The molecule has 0 fully saturated rings. The SMILES string of the molecule is CNC(Cc1ccc(F)cc1C)c1cc(OC)cs1. The van der Waals surface area contributed by atoms with Gasteiger partial charge in [0.2, 0.25) is 0 Å². The van der Waals surface area contributed by atoms with E-state index in [4.69, 9.17) is 4.74 Å². The molecule has 1 atom stereocenters. The van der Waals surface area contributed by atoms with E-state index in [2.05, 4.69) is 5.32 Å². The van der Waals surface area contributed by atoms with Crippen LogP contribution >= 0.6 is 11.3 Å². The van der Waals surface area contributed by atoms with Crippen LogP contribution in [0.5, 0.6) is 5.75 Å². The van der Waals surface area contributed by atoms with Gasteiger partial charge in [-0.15, -0.1) is 11.3 Å². The van der Waals surface area contributed by atoms with Gasteiger partial charge in [0.1, 0.15) is 11.6 Å². The molecule has 0 aliphatic carbocycles. The summed E-state index contributed by atoms with van der Waals surface area (Å²) in [7, 11) is 3.61. The molecule has 1 unspecified atom stereocenters. The third-order valence-corrected chi connectivity index (χ3v) is 4.28. The van der Waals surface area contributed by atoms with Crippen LogP contribution in [0, 0.1) is 12.7 Å². The van der Waals surface area contributed by atoms with Crippen LogP contribution in [0.4, 0.5) is 4.39 Å². The highest BCUT2D eigenvalue weighted by atomic mass is 32.1. The Morgan fingerprint density at radius 2 is 2.16 bits per heavy atom. The lowest BCUT2D eigenvalue weighted by Crippen LogP contribution is -2.18. The zero-order valence-electron chi connectivity index (χ0n) is 11.4. The van der Waals surface area contributed by atoms with Crippen molar-refractivity contribution in [3.63, 3.8) is 0 Å². The Kier molecular flexibility index (Phi) is 4.56. The number of halogens is 1. The largest absolute Gasteiger partial charge is 0.496 e. The van der Waals surface area contributed by atoms with Crippen LogP contribution < -0.4 is 10.1 Å². The van der Waals surface area contributed by atoms with Gasteiger partial charge in [0.05, 0.1) is 7.11 Å². The summed E-state index contributed by atoms with van der Waals surface area (Å²) >= 11 is 1.67. The average Bonchev–Trinajstić information content (AvgIpc) is 2.86. The van der Waals surface area contributed by atoms with Crippen molar-refractivity contribution >= 4 is 11.3 Å². The first kappa shape index (κ1) is 14.0. The molecule has 1 aromatic heterocycles. The fourth-order valence-electron chi connectivity index (χ4n) is 2.08. The third kappa shape index (κ3) is 3.33. The molecule has 0 saturated carbocycles. The summed E-state index contributed by atoms with van der Waals surface area (Å²) in [6, 6.07) is 7.23. The molecule has 102 valence electrons. The lowest BCUT2D eigenvalue weighted by Gasteiger charge is -2.16. The highest BCUT2D eigenvalue weighted by molar-refractivity contribution is 7.10. The minimum Gasteiger partial charge on any atom is -0.496 e. The number of methoxy groups -OCH3 is 1. The second-order valence-corrected chi connectivity index (χ2v) is 5.45. The number of hydrogen-bond acceptors (Lipinski definition) is 3. The number of nitrogens with one attached hydrogen (secondary N) is 1. The van der Waals surface area contributed by atoms with E-state index in [1.54, 1.807) is 24.5 Å². The Morgan fingerprint density at radius 1 is 1.37 bits per heavy atom. The normalized spacial score (nSPS) is 12.4. The van der Waals surface area contributed by atoms with Crippen LogP contribution in [0.3, 0.4) is 0 Å². The molecule has 1 N–H and O–H groups in total. The third-order valence-electron chi connectivity index (χ3n) is 3.25. The maximum atomic E-state index is 13.1. The fourth-order valence-corrected chi connectivity index (χ4v) is 3.04. The smallest absolute Gasteiger partial charge is 0.129 e. The highest BCUT2D eigenvalue weighted by Gasteiger charge is 2.14. The topological polar surface area (TPSA) is 21.3 Å². The van der Waals surface area contributed by atoms with Crippen molar-refractivity contribution in [3.05, 3.63) is 51.5 Å². The molecular weight excluding hydrogens is 261 g/mol. The maximum Gasteiger partial charge on any atom is 0.129 e. The number of benzene rings is 1. The van der Waals surface area contributed by atoms with Crippen LogP contribution in [0.1, 0.15) is 22.0 Å². The zero-order chi connectivity index (χ0) is 13.8. The standard InChI is InChI=1S/C15H18FNOS/c1-10-6-12(16)5-4-11(10)7-14(17-2)15-8-13(18-3)9-19-15/h4-6,8-9,14,17H,7H2,1-3H3. The molecule has 19 heavy (non-hydrogen) atoms. The molecule has 2 nitrogen and oxygen atoms in total. The first-order valence-corrected chi connectivity index (χ1v) is 7.06. The summed E-state index contributed by atoms with van der Waals surface area (Å²) in [4.78, 5) is 1.23. The van der Waals surface area contributed by atoms with Gasteiger partial charge in [-0.1, -0.05) is 6.07 Å². The van der Waals surface area contributed by atoms with Gasteiger partial charge in [-0.3, -0.25) is 0 Å². The lowest BCUT2D eigenvalue weighted by atomic mass is 10.00. The molecule has 2 rings (SSSR count). The molecule has 0 spiro atoms. The summed E-state index contributed by atoms with van der Waals surface area (Å²) in [6.45, 7) is 1.94.